The second-order valence-corrected chi connectivity index (χ2v) is 4.36. The van der Waals surface area contributed by atoms with Crippen molar-refractivity contribution in [2.45, 2.75) is 0 Å². The molecule has 2 rings (SSSR count). The van der Waals surface area contributed by atoms with Crippen LogP contribution in [0.1, 0.15) is 10.5 Å². The largest absolute Gasteiger partial charge is 0.480 e. The van der Waals surface area contributed by atoms with Crippen LogP contribution in [0.15, 0.2) is 30.5 Å². The Morgan fingerprint density at radius 2 is 2.00 bits per heavy atom. The number of para-hydroxylation sites is 2. The normalized spacial score (nSPS) is 10.5. The number of hydrogen-bond donors (Lipinski definition) is 1. The highest BCUT2D eigenvalue weighted by molar-refractivity contribution is 5.95. The smallest absolute Gasteiger partial charge is 0.323 e. The van der Waals surface area contributed by atoms with E-state index in [0.29, 0.717) is 11.0 Å². The van der Waals surface area contributed by atoms with E-state index in [1.807, 2.05) is 6.07 Å². The summed E-state index contributed by atoms with van der Waals surface area (Å²) in [7, 11) is 1.49. The zero-order valence-electron chi connectivity index (χ0n) is 11.5. The van der Waals surface area contributed by atoms with Crippen molar-refractivity contribution in [3.8, 4) is 0 Å². The van der Waals surface area contributed by atoms with E-state index in [4.69, 9.17) is 9.84 Å². The lowest BCUT2D eigenvalue weighted by Crippen LogP contribution is -2.38. The molecule has 7 nitrogen and oxygen atoms in total. The molecule has 0 aliphatic rings. The van der Waals surface area contributed by atoms with Crippen molar-refractivity contribution in [1.29, 1.82) is 0 Å². The third-order valence-corrected chi connectivity index (χ3v) is 2.85. The Labute approximate surface area is 121 Å². The van der Waals surface area contributed by atoms with E-state index < -0.39 is 18.4 Å². The molecule has 0 aliphatic heterocycles. The summed E-state index contributed by atoms with van der Waals surface area (Å²) in [6.45, 7) is 0.0207. The first-order valence-corrected chi connectivity index (χ1v) is 6.33. The zero-order valence-corrected chi connectivity index (χ0v) is 11.5. The molecule has 2 aromatic rings. The first-order valence-electron chi connectivity index (χ1n) is 6.33. The molecule has 0 saturated heterocycles. The van der Waals surface area contributed by atoms with Gasteiger partial charge in [0.15, 0.2) is 0 Å². The molecule has 21 heavy (non-hydrogen) atoms. The van der Waals surface area contributed by atoms with Crippen LogP contribution in [0.5, 0.6) is 0 Å². The number of rotatable bonds is 6. The van der Waals surface area contributed by atoms with Crippen LogP contribution in [0.2, 0.25) is 0 Å². The average molecular weight is 289 g/mol. The van der Waals surface area contributed by atoms with E-state index in [1.54, 1.807) is 18.2 Å². The monoisotopic (exact) mass is 289 g/mol. The summed E-state index contributed by atoms with van der Waals surface area (Å²) < 4.78 is 4.89. The van der Waals surface area contributed by atoms with Gasteiger partial charge in [-0.2, -0.15) is 0 Å². The molecule has 1 N–H and O–H groups in total. The van der Waals surface area contributed by atoms with Gasteiger partial charge in [0.05, 0.1) is 23.8 Å². The molecular formula is C14H15N3O4. The Hall–Kier alpha value is -2.54. The van der Waals surface area contributed by atoms with Crippen LogP contribution < -0.4 is 0 Å². The summed E-state index contributed by atoms with van der Waals surface area (Å²) in [5, 5.41) is 8.88. The number of carbonyl (C=O) groups excluding carboxylic acids is 1. The molecule has 1 heterocycles. The van der Waals surface area contributed by atoms with Crippen LogP contribution in [0, 0.1) is 0 Å². The summed E-state index contributed by atoms with van der Waals surface area (Å²) in [6.07, 6.45) is 1.35. The molecule has 1 aromatic heterocycles. The van der Waals surface area contributed by atoms with Crippen molar-refractivity contribution in [2.75, 3.05) is 26.8 Å². The van der Waals surface area contributed by atoms with Crippen LogP contribution in [-0.4, -0.2) is 58.7 Å². The van der Waals surface area contributed by atoms with Crippen LogP contribution >= 0.6 is 0 Å². The van der Waals surface area contributed by atoms with E-state index in [0.717, 1.165) is 0 Å². The fourth-order valence-corrected chi connectivity index (χ4v) is 1.84. The standard InChI is InChI=1S/C14H15N3O4/c1-21-7-6-17(9-13(18)19)14(20)12-8-15-10-4-2-3-5-11(10)16-12/h2-5,8H,6-7,9H2,1H3,(H,18,19). The second-order valence-electron chi connectivity index (χ2n) is 4.36. The maximum Gasteiger partial charge on any atom is 0.323 e. The maximum absolute atomic E-state index is 12.3. The summed E-state index contributed by atoms with van der Waals surface area (Å²) in [6, 6.07) is 7.16. The molecule has 0 radical (unpaired) electrons. The lowest BCUT2D eigenvalue weighted by atomic mass is 10.3. The summed E-state index contributed by atoms with van der Waals surface area (Å²) in [5.74, 6) is -1.57. The average Bonchev–Trinajstić information content (AvgIpc) is 2.50. The molecule has 0 fully saturated rings. The van der Waals surface area contributed by atoms with E-state index in [-0.39, 0.29) is 18.8 Å². The minimum Gasteiger partial charge on any atom is -0.480 e. The molecular weight excluding hydrogens is 274 g/mol. The van der Waals surface area contributed by atoms with Gasteiger partial charge in [0, 0.05) is 13.7 Å². The number of methoxy groups -OCH3 is 1. The minimum absolute atomic E-state index is 0.117. The lowest BCUT2D eigenvalue weighted by Gasteiger charge is -2.19. The molecule has 1 aromatic carbocycles. The van der Waals surface area contributed by atoms with Crippen molar-refractivity contribution in [1.82, 2.24) is 14.9 Å². The van der Waals surface area contributed by atoms with E-state index in [2.05, 4.69) is 9.97 Å². The van der Waals surface area contributed by atoms with Gasteiger partial charge in [-0.05, 0) is 12.1 Å². The van der Waals surface area contributed by atoms with Gasteiger partial charge in [-0.1, -0.05) is 12.1 Å². The number of aromatic nitrogens is 2. The predicted molar refractivity (Wildman–Crippen MR) is 75.0 cm³/mol. The topological polar surface area (TPSA) is 92.6 Å². The highest BCUT2D eigenvalue weighted by atomic mass is 16.5. The molecule has 0 unspecified atom stereocenters. The predicted octanol–water partition coefficient (Wildman–Crippen LogP) is 0.803. The summed E-state index contributed by atoms with van der Waals surface area (Å²) >= 11 is 0. The number of carboxylic acids is 1. The molecule has 110 valence electrons. The van der Waals surface area contributed by atoms with Crippen molar-refractivity contribution in [2.24, 2.45) is 0 Å². The molecule has 1 amide bonds. The third kappa shape index (κ3) is 3.73. The number of carboxylic acid groups (broad SMARTS) is 1. The fourth-order valence-electron chi connectivity index (χ4n) is 1.84. The minimum atomic E-state index is -1.09. The Kier molecular flexibility index (Phi) is 4.78. The number of carbonyl (C=O) groups is 2. The van der Waals surface area contributed by atoms with Crippen molar-refractivity contribution < 1.29 is 19.4 Å². The number of nitrogens with zero attached hydrogens (tertiary/aromatic N) is 3. The van der Waals surface area contributed by atoms with E-state index in [1.165, 1.54) is 18.2 Å². The SMILES string of the molecule is COCCN(CC(=O)O)C(=O)c1cnc2ccccc2n1. The Balaban J connectivity index is 2.26. The van der Waals surface area contributed by atoms with Gasteiger partial charge in [0.2, 0.25) is 0 Å². The lowest BCUT2D eigenvalue weighted by molar-refractivity contribution is -0.137. The first kappa shape index (κ1) is 14.9. The van der Waals surface area contributed by atoms with Crippen molar-refractivity contribution >= 4 is 22.9 Å². The van der Waals surface area contributed by atoms with Crippen molar-refractivity contribution in [3.05, 3.63) is 36.2 Å². The van der Waals surface area contributed by atoms with Crippen LogP contribution in [0.25, 0.3) is 11.0 Å². The summed E-state index contributed by atoms with van der Waals surface area (Å²) in [4.78, 5) is 32.7. The number of benzene rings is 1. The molecule has 0 bridgehead atoms. The van der Waals surface area contributed by atoms with Crippen LogP contribution in [0.4, 0.5) is 0 Å². The van der Waals surface area contributed by atoms with Gasteiger partial charge < -0.3 is 14.7 Å². The molecule has 0 saturated carbocycles. The first-order chi connectivity index (χ1) is 10.1. The van der Waals surface area contributed by atoms with Gasteiger partial charge in [-0.15, -0.1) is 0 Å². The zero-order chi connectivity index (χ0) is 15.2. The van der Waals surface area contributed by atoms with E-state index in [9.17, 15) is 9.59 Å². The number of amides is 1. The van der Waals surface area contributed by atoms with Gasteiger partial charge in [-0.25, -0.2) is 4.98 Å². The Bertz CT molecular complexity index is 659. The Morgan fingerprint density at radius 3 is 2.67 bits per heavy atom. The second kappa shape index (κ2) is 6.76. The van der Waals surface area contributed by atoms with Crippen LogP contribution in [-0.2, 0) is 9.53 Å². The molecule has 0 atom stereocenters. The van der Waals surface area contributed by atoms with Crippen LogP contribution in [0.3, 0.4) is 0 Å². The highest BCUT2D eigenvalue weighted by Gasteiger charge is 2.20. The van der Waals surface area contributed by atoms with Crippen molar-refractivity contribution in [3.63, 3.8) is 0 Å². The van der Waals surface area contributed by atoms with Gasteiger partial charge >= 0.3 is 5.97 Å². The maximum atomic E-state index is 12.3. The van der Waals surface area contributed by atoms with Gasteiger partial charge in [0.25, 0.3) is 5.91 Å². The molecule has 0 spiro atoms. The number of ether oxygens (including phenoxy) is 1. The molecule has 0 aliphatic carbocycles. The van der Waals surface area contributed by atoms with E-state index >= 15 is 0 Å². The number of aliphatic carboxylic acids is 1. The number of hydrogen-bond acceptors (Lipinski definition) is 5. The van der Waals surface area contributed by atoms with Gasteiger partial charge in [-0.3, -0.25) is 14.6 Å². The Morgan fingerprint density at radius 1 is 1.29 bits per heavy atom. The quantitative estimate of drug-likeness (QED) is 0.845. The number of fused-ring (bicyclic) bond motifs is 1. The third-order valence-electron chi connectivity index (χ3n) is 2.85. The molecule has 7 heteroatoms. The highest BCUT2D eigenvalue weighted by Crippen LogP contribution is 2.10. The fraction of sp³-hybridized carbons (Fsp3) is 0.286. The van der Waals surface area contributed by atoms with Gasteiger partial charge in [0.1, 0.15) is 12.2 Å². The summed E-state index contributed by atoms with van der Waals surface area (Å²) in [5.41, 5.74) is 1.38.